The zero-order valence-corrected chi connectivity index (χ0v) is 11.8. The van der Waals surface area contributed by atoms with Crippen molar-refractivity contribution in [3.8, 4) is 0 Å². The van der Waals surface area contributed by atoms with Crippen LogP contribution in [0.25, 0.3) is 0 Å². The van der Waals surface area contributed by atoms with Crippen LogP contribution in [0.1, 0.15) is 36.9 Å². The molecule has 1 aliphatic rings. The first kappa shape index (κ1) is 13.7. The molecule has 1 aromatic heterocycles. The Morgan fingerprint density at radius 1 is 1.33 bits per heavy atom. The van der Waals surface area contributed by atoms with E-state index in [-0.39, 0.29) is 17.8 Å². The van der Waals surface area contributed by atoms with E-state index in [2.05, 4.69) is 10.3 Å². The van der Waals surface area contributed by atoms with Crippen LogP contribution in [0.15, 0.2) is 48.8 Å². The second-order valence-corrected chi connectivity index (χ2v) is 5.57. The largest absolute Gasteiger partial charge is 0.349 e. The summed E-state index contributed by atoms with van der Waals surface area (Å²) in [6, 6.07) is 10.00. The van der Waals surface area contributed by atoms with Gasteiger partial charge in [0.25, 0.3) is 0 Å². The van der Waals surface area contributed by atoms with Crippen LogP contribution in [0.2, 0.25) is 0 Å². The van der Waals surface area contributed by atoms with E-state index in [9.17, 15) is 9.18 Å². The summed E-state index contributed by atoms with van der Waals surface area (Å²) in [5.41, 5.74) is 1.16. The first-order chi connectivity index (χ1) is 10.1. The number of carbonyl (C=O) groups excluding carboxylic acids is 1. The zero-order valence-electron chi connectivity index (χ0n) is 11.8. The van der Waals surface area contributed by atoms with Gasteiger partial charge in [-0.2, -0.15) is 0 Å². The summed E-state index contributed by atoms with van der Waals surface area (Å²) in [7, 11) is 0. The standard InChI is InChI=1S/C17H17FN2O/c1-12(13-4-3-9-19-11-13)20-16(21)17(7-8-17)14-5-2-6-15(18)10-14/h2-6,9-12H,7-8H2,1H3,(H,20,21). The third-order valence-corrected chi connectivity index (χ3v) is 4.09. The van der Waals surface area contributed by atoms with Crippen molar-refractivity contribution < 1.29 is 9.18 Å². The molecule has 1 saturated carbocycles. The van der Waals surface area contributed by atoms with Gasteiger partial charge < -0.3 is 5.32 Å². The van der Waals surface area contributed by atoms with E-state index in [0.717, 1.165) is 24.0 Å². The lowest BCUT2D eigenvalue weighted by atomic mass is 9.94. The van der Waals surface area contributed by atoms with Crippen LogP contribution in [0, 0.1) is 5.82 Å². The molecule has 1 aromatic carbocycles. The highest BCUT2D eigenvalue weighted by atomic mass is 19.1. The van der Waals surface area contributed by atoms with Crippen LogP contribution >= 0.6 is 0 Å². The molecule has 0 radical (unpaired) electrons. The summed E-state index contributed by atoms with van der Waals surface area (Å²) in [5, 5.41) is 3.02. The van der Waals surface area contributed by atoms with Gasteiger partial charge in [-0.3, -0.25) is 9.78 Å². The van der Waals surface area contributed by atoms with E-state index < -0.39 is 5.41 Å². The normalized spacial score (nSPS) is 17.0. The topological polar surface area (TPSA) is 42.0 Å². The van der Waals surface area contributed by atoms with E-state index in [1.54, 1.807) is 18.5 Å². The van der Waals surface area contributed by atoms with Crippen molar-refractivity contribution in [2.45, 2.75) is 31.2 Å². The van der Waals surface area contributed by atoms with E-state index >= 15 is 0 Å². The quantitative estimate of drug-likeness (QED) is 0.937. The van der Waals surface area contributed by atoms with Crippen LogP contribution in [0.3, 0.4) is 0 Å². The van der Waals surface area contributed by atoms with E-state index in [4.69, 9.17) is 0 Å². The molecule has 0 aliphatic heterocycles. The Labute approximate surface area is 123 Å². The van der Waals surface area contributed by atoms with E-state index in [1.165, 1.54) is 12.1 Å². The molecule has 0 saturated heterocycles. The number of rotatable bonds is 4. The number of pyridine rings is 1. The number of aromatic nitrogens is 1. The highest BCUT2D eigenvalue weighted by Crippen LogP contribution is 2.48. The molecule has 1 fully saturated rings. The molecule has 4 heteroatoms. The van der Waals surface area contributed by atoms with Gasteiger partial charge in [-0.25, -0.2) is 4.39 Å². The lowest BCUT2D eigenvalue weighted by molar-refractivity contribution is -0.124. The summed E-state index contributed by atoms with van der Waals surface area (Å²) in [6.07, 6.45) is 4.98. The molecule has 3 rings (SSSR count). The van der Waals surface area contributed by atoms with Crippen LogP contribution in [-0.2, 0) is 10.2 Å². The zero-order chi connectivity index (χ0) is 14.9. The fourth-order valence-corrected chi connectivity index (χ4v) is 2.61. The van der Waals surface area contributed by atoms with Gasteiger partial charge in [-0.15, -0.1) is 0 Å². The van der Waals surface area contributed by atoms with Crippen molar-refractivity contribution in [3.63, 3.8) is 0 Å². The summed E-state index contributed by atoms with van der Waals surface area (Å²) < 4.78 is 13.4. The van der Waals surface area contributed by atoms with Gasteiger partial charge in [-0.05, 0) is 49.1 Å². The Morgan fingerprint density at radius 2 is 2.14 bits per heavy atom. The lowest BCUT2D eigenvalue weighted by Gasteiger charge is -2.20. The maximum atomic E-state index is 13.4. The average Bonchev–Trinajstić information content (AvgIpc) is 3.30. The van der Waals surface area contributed by atoms with Crippen molar-refractivity contribution >= 4 is 5.91 Å². The summed E-state index contributed by atoms with van der Waals surface area (Å²) in [6.45, 7) is 1.93. The molecular formula is C17H17FN2O. The molecule has 108 valence electrons. The van der Waals surface area contributed by atoms with Gasteiger partial charge in [0.1, 0.15) is 5.82 Å². The Balaban J connectivity index is 1.76. The third-order valence-electron chi connectivity index (χ3n) is 4.09. The van der Waals surface area contributed by atoms with Crippen LogP contribution in [0.5, 0.6) is 0 Å². The molecule has 1 amide bonds. The van der Waals surface area contributed by atoms with Crippen LogP contribution < -0.4 is 5.32 Å². The second-order valence-electron chi connectivity index (χ2n) is 5.57. The number of amides is 1. The van der Waals surface area contributed by atoms with Gasteiger partial charge in [0.05, 0.1) is 11.5 Å². The molecule has 1 heterocycles. The average molecular weight is 284 g/mol. The monoisotopic (exact) mass is 284 g/mol. The number of benzene rings is 1. The minimum atomic E-state index is -0.557. The molecule has 21 heavy (non-hydrogen) atoms. The molecule has 2 aromatic rings. The Kier molecular flexibility index (Phi) is 3.45. The summed E-state index contributed by atoms with van der Waals surface area (Å²) in [4.78, 5) is 16.6. The van der Waals surface area contributed by atoms with E-state index in [0.29, 0.717) is 0 Å². The Hall–Kier alpha value is -2.23. The van der Waals surface area contributed by atoms with Gasteiger partial charge in [0.15, 0.2) is 0 Å². The van der Waals surface area contributed by atoms with Gasteiger partial charge >= 0.3 is 0 Å². The number of nitrogens with zero attached hydrogens (tertiary/aromatic N) is 1. The highest BCUT2D eigenvalue weighted by molar-refractivity contribution is 5.91. The predicted molar refractivity (Wildman–Crippen MR) is 78.1 cm³/mol. The SMILES string of the molecule is CC(NC(=O)C1(c2cccc(F)c2)CC1)c1cccnc1. The molecule has 1 aliphatic carbocycles. The molecule has 1 atom stereocenters. The number of hydrogen-bond donors (Lipinski definition) is 1. The van der Waals surface area contributed by atoms with Crippen molar-refractivity contribution in [1.29, 1.82) is 0 Å². The first-order valence-corrected chi connectivity index (χ1v) is 7.09. The second kappa shape index (κ2) is 5.28. The fourth-order valence-electron chi connectivity index (χ4n) is 2.61. The number of hydrogen-bond acceptors (Lipinski definition) is 2. The number of nitrogens with one attached hydrogen (secondary N) is 1. The highest BCUT2D eigenvalue weighted by Gasteiger charge is 2.51. The maximum absolute atomic E-state index is 13.4. The minimum Gasteiger partial charge on any atom is -0.349 e. The molecule has 1 unspecified atom stereocenters. The lowest BCUT2D eigenvalue weighted by Crippen LogP contribution is -2.36. The smallest absolute Gasteiger partial charge is 0.231 e. The van der Waals surface area contributed by atoms with Gasteiger partial charge in [-0.1, -0.05) is 18.2 Å². The summed E-state index contributed by atoms with van der Waals surface area (Å²) in [5.74, 6) is -0.337. The Bertz CT molecular complexity index is 653. The fraction of sp³-hybridized carbons (Fsp3) is 0.294. The van der Waals surface area contributed by atoms with Gasteiger partial charge in [0.2, 0.25) is 5.91 Å². The van der Waals surface area contributed by atoms with Gasteiger partial charge in [0, 0.05) is 12.4 Å². The number of halogens is 1. The molecule has 0 spiro atoms. The van der Waals surface area contributed by atoms with E-state index in [1.807, 2.05) is 25.1 Å². The summed E-state index contributed by atoms with van der Waals surface area (Å²) >= 11 is 0. The predicted octanol–water partition coefficient (Wildman–Crippen LogP) is 3.13. The van der Waals surface area contributed by atoms with Crippen LogP contribution in [-0.4, -0.2) is 10.9 Å². The third kappa shape index (κ3) is 2.66. The molecule has 1 N–H and O–H groups in total. The number of carbonyl (C=O) groups is 1. The molecule has 0 bridgehead atoms. The molecular weight excluding hydrogens is 267 g/mol. The Morgan fingerprint density at radius 3 is 2.76 bits per heavy atom. The van der Waals surface area contributed by atoms with Crippen LogP contribution in [0.4, 0.5) is 4.39 Å². The maximum Gasteiger partial charge on any atom is 0.231 e. The minimum absolute atomic E-state index is 0.0375. The van der Waals surface area contributed by atoms with Crippen molar-refractivity contribution in [2.75, 3.05) is 0 Å². The van der Waals surface area contributed by atoms with Crippen molar-refractivity contribution in [2.24, 2.45) is 0 Å². The molecule has 3 nitrogen and oxygen atoms in total. The van der Waals surface area contributed by atoms with Crippen molar-refractivity contribution in [3.05, 3.63) is 65.7 Å². The first-order valence-electron chi connectivity index (χ1n) is 7.09. The van der Waals surface area contributed by atoms with Crippen molar-refractivity contribution in [1.82, 2.24) is 10.3 Å².